The summed E-state index contributed by atoms with van der Waals surface area (Å²) < 4.78 is 1.79. The smallest absolute Gasteiger partial charge is 0.177 e. The van der Waals surface area contributed by atoms with Gasteiger partial charge in [0.15, 0.2) is 5.65 Å². The monoisotopic (exact) mass is 254 g/mol. The number of nitrogen functional groups attached to an aromatic ring is 1. The highest BCUT2D eigenvalue weighted by molar-refractivity contribution is 5.70. The van der Waals surface area contributed by atoms with Crippen molar-refractivity contribution in [2.75, 3.05) is 17.2 Å². The normalized spacial score (nSPS) is 18.4. The molecule has 0 bridgehead atoms. The number of rotatable bonds is 1. The average Bonchev–Trinajstić information content (AvgIpc) is 2.91. The molecule has 0 saturated heterocycles. The van der Waals surface area contributed by atoms with E-state index in [1.54, 1.807) is 10.7 Å². The summed E-state index contributed by atoms with van der Waals surface area (Å²) in [5.41, 5.74) is 8.19. The van der Waals surface area contributed by atoms with Crippen LogP contribution >= 0.6 is 0 Å². The summed E-state index contributed by atoms with van der Waals surface area (Å²) in [4.78, 5) is 6.73. The first-order valence-electron chi connectivity index (χ1n) is 6.62. The zero-order chi connectivity index (χ0) is 13.0. The summed E-state index contributed by atoms with van der Waals surface area (Å²) in [7, 11) is 0. The lowest BCUT2D eigenvalue weighted by molar-refractivity contribution is 0.389. The molecular formula is C13H14N6. The van der Waals surface area contributed by atoms with Gasteiger partial charge in [-0.1, -0.05) is 0 Å². The maximum absolute atomic E-state index is 9.10. The molecule has 19 heavy (non-hydrogen) atoms. The lowest BCUT2D eigenvalue weighted by atomic mass is 9.92. The average molecular weight is 254 g/mol. The predicted octanol–water partition coefficient (Wildman–Crippen LogP) is 1.10. The van der Waals surface area contributed by atoms with Crippen molar-refractivity contribution < 1.29 is 0 Å². The zero-order valence-corrected chi connectivity index (χ0v) is 10.5. The number of anilines is 2. The van der Waals surface area contributed by atoms with Gasteiger partial charge in [0.25, 0.3) is 0 Å². The van der Waals surface area contributed by atoms with Gasteiger partial charge in [-0.15, -0.1) is 0 Å². The van der Waals surface area contributed by atoms with Crippen LogP contribution in [0.3, 0.4) is 0 Å². The third-order valence-corrected chi connectivity index (χ3v) is 4.26. The van der Waals surface area contributed by atoms with Crippen molar-refractivity contribution in [3.63, 3.8) is 0 Å². The largest absolute Gasteiger partial charge is 0.383 e. The summed E-state index contributed by atoms with van der Waals surface area (Å²) >= 11 is 0. The fourth-order valence-corrected chi connectivity index (χ4v) is 3.03. The molecule has 2 aliphatic rings. The van der Waals surface area contributed by atoms with E-state index in [-0.39, 0.29) is 0 Å². The van der Waals surface area contributed by atoms with E-state index in [1.165, 1.54) is 19.3 Å². The highest BCUT2D eigenvalue weighted by atomic mass is 15.4. The third kappa shape index (κ3) is 1.30. The Morgan fingerprint density at radius 1 is 1.42 bits per heavy atom. The molecule has 2 N–H and O–H groups in total. The highest BCUT2D eigenvalue weighted by Crippen LogP contribution is 2.38. The number of nitriles is 1. The second kappa shape index (κ2) is 3.60. The van der Waals surface area contributed by atoms with E-state index in [0.29, 0.717) is 23.1 Å². The van der Waals surface area contributed by atoms with Gasteiger partial charge in [-0.05, 0) is 25.7 Å². The lowest BCUT2D eigenvalue weighted by Crippen LogP contribution is -2.39. The molecule has 6 heteroatoms. The summed E-state index contributed by atoms with van der Waals surface area (Å²) in [5, 5.41) is 13.4. The molecule has 1 aliphatic heterocycles. The molecule has 1 fully saturated rings. The summed E-state index contributed by atoms with van der Waals surface area (Å²) in [6.07, 6.45) is 6.25. The number of nitrogens with two attached hydrogens (primary N) is 1. The van der Waals surface area contributed by atoms with Crippen molar-refractivity contribution >= 4 is 17.3 Å². The molecule has 1 saturated carbocycles. The Bertz CT molecular complexity index is 706. The van der Waals surface area contributed by atoms with Crippen LogP contribution in [0.25, 0.3) is 5.65 Å². The number of fused-ring (bicyclic) bond motifs is 3. The summed E-state index contributed by atoms with van der Waals surface area (Å²) in [5.74, 6) is 1.59. The molecule has 4 rings (SSSR count). The number of hydrogen-bond acceptors (Lipinski definition) is 5. The standard InChI is InChI=1S/C13H14N6/c14-6-8-7-16-19-12(8)17-11(15)10-4-5-18(13(10)19)9-2-1-3-9/h7,9H,1-5H2,(H2,15,17). The Kier molecular flexibility index (Phi) is 2.01. The van der Waals surface area contributed by atoms with Crippen molar-refractivity contribution in [1.29, 1.82) is 5.26 Å². The second-order valence-corrected chi connectivity index (χ2v) is 5.23. The van der Waals surface area contributed by atoms with Gasteiger partial charge in [0.05, 0.1) is 6.20 Å². The highest BCUT2D eigenvalue weighted by Gasteiger charge is 2.34. The fourth-order valence-electron chi connectivity index (χ4n) is 3.03. The predicted molar refractivity (Wildman–Crippen MR) is 70.8 cm³/mol. The minimum absolute atomic E-state index is 0.481. The van der Waals surface area contributed by atoms with Gasteiger partial charge < -0.3 is 10.6 Å². The summed E-state index contributed by atoms with van der Waals surface area (Å²) in [6, 6.07) is 2.72. The van der Waals surface area contributed by atoms with Gasteiger partial charge >= 0.3 is 0 Å². The Hall–Kier alpha value is -2.29. The first-order chi connectivity index (χ1) is 9.29. The maximum atomic E-state index is 9.10. The molecule has 96 valence electrons. The molecule has 0 aromatic carbocycles. The van der Waals surface area contributed by atoms with E-state index < -0.39 is 0 Å². The molecule has 0 atom stereocenters. The molecule has 0 unspecified atom stereocenters. The van der Waals surface area contributed by atoms with Crippen LogP contribution in [0.1, 0.15) is 30.4 Å². The first-order valence-corrected chi connectivity index (χ1v) is 6.62. The molecular weight excluding hydrogens is 240 g/mol. The van der Waals surface area contributed by atoms with Crippen LogP contribution < -0.4 is 10.6 Å². The molecule has 2 aromatic heterocycles. The Morgan fingerprint density at radius 2 is 2.26 bits per heavy atom. The molecule has 0 radical (unpaired) electrons. The van der Waals surface area contributed by atoms with Crippen LogP contribution in [0, 0.1) is 11.3 Å². The Labute approximate surface area is 110 Å². The minimum atomic E-state index is 0.481. The van der Waals surface area contributed by atoms with Crippen molar-refractivity contribution in [2.45, 2.75) is 31.7 Å². The quantitative estimate of drug-likeness (QED) is 0.823. The van der Waals surface area contributed by atoms with Crippen LogP contribution in [-0.2, 0) is 6.42 Å². The van der Waals surface area contributed by atoms with Crippen molar-refractivity contribution in [3.05, 3.63) is 17.3 Å². The first kappa shape index (κ1) is 10.6. The van der Waals surface area contributed by atoms with Gasteiger partial charge in [-0.2, -0.15) is 14.9 Å². The lowest BCUT2D eigenvalue weighted by Gasteiger charge is -2.36. The van der Waals surface area contributed by atoms with E-state index >= 15 is 0 Å². The van der Waals surface area contributed by atoms with Gasteiger partial charge in [-0.25, -0.2) is 4.98 Å². The van der Waals surface area contributed by atoms with Crippen LogP contribution in [0.4, 0.5) is 11.6 Å². The maximum Gasteiger partial charge on any atom is 0.177 e. The number of hydrogen-bond donors (Lipinski definition) is 1. The Morgan fingerprint density at radius 3 is 2.95 bits per heavy atom. The topological polar surface area (TPSA) is 83.2 Å². The van der Waals surface area contributed by atoms with Gasteiger partial charge in [0.2, 0.25) is 0 Å². The van der Waals surface area contributed by atoms with Crippen LogP contribution in [-0.4, -0.2) is 27.2 Å². The van der Waals surface area contributed by atoms with Gasteiger partial charge in [0.1, 0.15) is 23.3 Å². The molecule has 3 heterocycles. The minimum Gasteiger partial charge on any atom is -0.383 e. The third-order valence-electron chi connectivity index (χ3n) is 4.26. The van der Waals surface area contributed by atoms with Crippen LogP contribution in [0.5, 0.6) is 0 Å². The SMILES string of the molecule is N#Cc1cnn2c3c(c(N)nc12)CCN3C1CCC1. The second-order valence-electron chi connectivity index (χ2n) is 5.23. The molecule has 0 spiro atoms. The number of aromatic nitrogens is 3. The zero-order valence-electron chi connectivity index (χ0n) is 10.5. The number of nitrogens with zero attached hydrogens (tertiary/aromatic N) is 5. The van der Waals surface area contributed by atoms with Gasteiger partial charge in [-0.3, -0.25) is 0 Å². The van der Waals surface area contributed by atoms with E-state index in [4.69, 9.17) is 11.0 Å². The van der Waals surface area contributed by atoms with Crippen molar-refractivity contribution in [1.82, 2.24) is 14.6 Å². The molecule has 1 aliphatic carbocycles. The molecule has 0 amide bonds. The molecule has 6 nitrogen and oxygen atoms in total. The fraction of sp³-hybridized carbons (Fsp3) is 0.462. The van der Waals surface area contributed by atoms with Gasteiger partial charge in [0, 0.05) is 18.2 Å². The Balaban J connectivity index is 1.97. The van der Waals surface area contributed by atoms with E-state index in [0.717, 1.165) is 24.3 Å². The van der Waals surface area contributed by atoms with Crippen LogP contribution in [0.15, 0.2) is 6.20 Å². The summed E-state index contributed by atoms with van der Waals surface area (Å²) in [6.45, 7) is 0.979. The van der Waals surface area contributed by atoms with E-state index in [1.807, 2.05) is 0 Å². The molecule has 2 aromatic rings. The van der Waals surface area contributed by atoms with E-state index in [9.17, 15) is 0 Å². The van der Waals surface area contributed by atoms with Crippen molar-refractivity contribution in [3.8, 4) is 6.07 Å². The van der Waals surface area contributed by atoms with E-state index in [2.05, 4.69) is 21.1 Å². The van der Waals surface area contributed by atoms with Crippen LogP contribution in [0.2, 0.25) is 0 Å². The van der Waals surface area contributed by atoms with Crippen molar-refractivity contribution in [2.24, 2.45) is 0 Å².